The topological polar surface area (TPSA) is 28.2 Å². The molecule has 100 valence electrons. The first-order valence-electron chi connectivity index (χ1n) is 7.25. The van der Waals surface area contributed by atoms with Gasteiger partial charge in [0.05, 0.1) is 5.51 Å². The molecule has 2 aliphatic rings. The fourth-order valence-corrected chi connectivity index (χ4v) is 4.09. The molecule has 1 aromatic rings. The zero-order chi connectivity index (χ0) is 12.2. The van der Waals surface area contributed by atoms with E-state index in [2.05, 4.69) is 15.2 Å². The summed E-state index contributed by atoms with van der Waals surface area (Å²) >= 11 is 1.79. The van der Waals surface area contributed by atoms with Crippen molar-refractivity contribution in [1.29, 1.82) is 0 Å². The van der Waals surface area contributed by atoms with Gasteiger partial charge in [-0.25, -0.2) is 0 Å². The summed E-state index contributed by atoms with van der Waals surface area (Å²) in [5.74, 6) is 0.916. The van der Waals surface area contributed by atoms with Crippen LogP contribution in [0, 0.1) is 5.92 Å². The first kappa shape index (κ1) is 12.6. The Morgan fingerprint density at radius 3 is 3.00 bits per heavy atom. The smallest absolute Gasteiger partial charge is 0.0794 e. The van der Waals surface area contributed by atoms with Crippen LogP contribution in [0.15, 0.2) is 11.7 Å². The van der Waals surface area contributed by atoms with Gasteiger partial charge >= 0.3 is 0 Å². The van der Waals surface area contributed by atoms with Gasteiger partial charge in [-0.2, -0.15) is 0 Å². The highest BCUT2D eigenvalue weighted by Gasteiger charge is 2.30. The minimum absolute atomic E-state index is 0.751. The third kappa shape index (κ3) is 2.92. The Balaban J connectivity index is 1.65. The molecule has 0 radical (unpaired) electrons. The summed E-state index contributed by atoms with van der Waals surface area (Å²) in [6.07, 6.45) is 9.23. The van der Waals surface area contributed by atoms with E-state index in [4.69, 9.17) is 0 Å². The summed E-state index contributed by atoms with van der Waals surface area (Å²) < 4.78 is 0. The molecule has 1 unspecified atom stereocenters. The number of hydrogen-bond donors (Lipinski definition) is 1. The van der Waals surface area contributed by atoms with Crippen LogP contribution in [0.4, 0.5) is 0 Å². The molecule has 1 atom stereocenters. The minimum atomic E-state index is 0.751. The molecule has 0 bridgehead atoms. The molecule has 1 aliphatic heterocycles. The third-order valence-electron chi connectivity index (χ3n) is 4.43. The summed E-state index contributed by atoms with van der Waals surface area (Å²) in [5, 5.41) is 3.59. The zero-order valence-electron chi connectivity index (χ0n) is 11.0. The lowest BCUT2D eigenvalue weighted by atomic mass is 9.82. The number of rotatable bonds is 3. The zero-order valence-corrected chi connectivity index (χ0v) is 11.8. The molecule has 2 heterocycles. The van der Waals surface area contributed by atoms with Crippen LogP contribution in [0.3, 0.4) is 0 Å². The quantitative estimate of drug-likeness (QED) is 0.910. The lowest BCUT2D eigenvalue weighted by Crippen LogP contribution is -2.54. The fourth-order valence-electron chi connectivity index (χ4n) is 3.47. The van der Waals surface area contributed by atoms with Crippen molar-refractivity contribution in [1.82, 2.24) is 15.2 Å². The van der Waals surface area contributed by atoms with E-state index in [0.29, 0.717) is 0 Å². The van der Waals surface area contributed by atoms with Gasteiger partial charge in [0.15, 0.2) is 0 Å². The molecule has 1 N–H and O–H groups in total. The molecule has 4 heteroatoms. The van der Waals surface area contributed by atoms with Crippen LogP contribution in [-0.4, -0.2) is 35.6 Å². The van der Waals surface area contributed by atoms with Crippen molar-refractivity contribution in [3.05, 3.63) is 16.6 Å². The van der Waals surface area contributed by atoms with Crippen LogP contribution < -0.4 is 5.32 Å². The molecule has 3 nitrogen and oxygen atoms in total. The van der Waals surface area contributed by atoms with Crippen molar-refractivity contribution >= 4 is 11.3 Å². The van der Waals surface area contributed by atoms with E-state index in [1.165, 1.54) is 50.1 Å². The molecule has 18 heavy (non-hydrogen) atoms. The molecule has 1 aliphatic carbocycles. The van der Waals surface area contributed by atoms with E-state index in [1.54, 1.807) is 11.3 Å². The number of piperazine rings is 1. The highest BCUT2D eigenvalue weighted by molar-refractivity contribution is 7.09. The van der Waals surface area contributed by atoms with Gasteiger partial charge in [0.1, 0.15) is 0 Å². The largest absolute Gasteiger partial charge is 0.314 e. The maximum absolute atomic E-state index is 4.20. The highest BCUT2D eigenvalue weighted by atomic mass is 32.1. The Labute approximate surface area is 114 Å². The van der Waals surface area contributed by atoms with E-state index < -0.39 is 0 Å². The highest BCUT2D eigenvalue weighted by Crippen LogP contribution is 2.30. The maximum Gasteiger partial charge on any atom is 0.0794 e. The molecule has 1 saturated carbocycles. The monoisotopic (exact) mass is 265 g/mol. The van der Waals surface area contributed by atoms with Crippen molar-refractivity contribution < 1.29 is 0 Å². The van der Waals surface area contributed by atoms with Crippen molar-refractivity contribution in [2.45, 2.75) is 44.7 Å². The molecular weight excluding hydrogens is 242 g/mol. The number of hydrogen-bond acceptors (Lipinski definition) is 4. The van der Waals surface area contributed by atoms with Crippen LogP contribution in [0.1, 0.15) is 37.0 Å². The molecule has 3 rings (SSSR count). The van der Waals surface area contributed by atoms with Gasteiger partial charge < -0.3 is 5.32 Å². The van der Waals surface area contributed by atoms with Crippen LogP contribution in [-0.2, 0) is 6.54 Å². The Hall–Kier alpha value is -0.450. The van der Waals surface area contributed by atoms with Crippen LogP contribution in [0.5, 0.6) is 0 Å². The summed E-state index contributed by atoms with van der Waals surface area (Å²) in [7, 11) is 0. The Morgan fingerprint density at radius 1 is 1.33 bits per heavy atom. The average Bonchev–Trinajstić information content (AvgIpc) is 2.93. The number of aromatic nitrogens is 1. The van der Waals surface area contributed by atoms with Crippen LogP contribution in [0.2, 0.25) is 0 Å². The van der Waals surface area contributed by atoms with Gasteiger partial charge in [-0.3, -0.25) is 9.88 Å². The van der Waals surface area contributed by atoms with Gasteiger partial charge in [0.25, 0.3) is 0 Å². The van der Waals surface area contributed by atoms with Crippen molar-refractivity contribution in [3.8, 4) is 0 Å². The normalized spacial score (nSPS) is 27.4. The van der Waals surface area contributed by atoms with Crippen molar-refractivity contribution in [3.63, 3.8) is 0 Å². The molecule has 0 spiro atoms. The summed E-state index contributed by atoms with van der Waals surface area (Å²) in [6, 6.07) is 0.751. The van der Waals surface area contributed by atoms with Gasteiger partial charge in [-0.1, -0.05) is 19.3 Å². The fraction of sp³-hybridized carbons (Fsp3) is 0.786. The first-order chi connectivity index (χ1) is 8.93. The van der Waals surface area contributed by atoms with E-state index in [0.717, 1.165) is 25.0 Å². The lowest BCUT2D eigenvalue weighted by molar-refractivity contribution is 0.0868. The van der Waals surface area contributed by atoms with E-state index in [9.17, 15) is 0 Å². The first-order valence-corrected chi connectivity index (χ1v) is 8.13. The van der Waals surface area contributed by atoms with E-state index in [1.807, 2.05) is 11.7 Å². The molecule has 2 fully saturated rings. The molecular formula is C14H23N3S. The van der Waals surface area contributed by atoms with E-state index >= 15 is 0 Å². The Bertz CT molecular complexity index is 346. The van der Waals surface area contributed by atoms with Crippen LogP contribution in [0.25, 0.3) is 0 Å². The third-order valence-corrected chi connectivity index (χ3v) is 5.20. The second-order valence-electron chi connectivity index (χ2n) is 5.61. The maximum atomic E-state index is 4.20. The average molecular weight is 265 g/mol. The molecule has 1 saturated heterocycles. The van der Waals surface area contributed by atoms with E-state index in [-0.39, 0.29) is 0 Å². The summed E-state index contributed by atoms with van der Waals surface area (Å²) in [5.41, 5.74) is 1.95. The number of nitrogens with zero attached hydrogens (tertiary/aromatic N) is 2. The van der Waals surface area contributed by atoms with Crippen molar-refractivity contribution in [2.75, 3.05) is 19.6 Å². The second kappa shape index (κ2) is 6.13. The van der Waals surface area contributed by atoms with Gasteiger partial charge in [-0.15, -0.1) is 11.3 Å². The Morgan fingerprint density at radius 2 is 2.22 bits per heavy atom. The number of nitrogens with one attached hydrogen (secondary N) is 1. The predicted molar refractivity (Wildman–Crippen MR) is 75.8 cm³/mol. The van der Waals surface area contributed by atoms with Crippen LogP contribution >= 0.6 is 11.3 Å². The van der Waals surface area contributed by atoms with Crippen molar-refractivity contribution in [2.24, 2.45) is 5.92 Å². The second-order valence-corrected chi connectivity index (χ2v) is 6.58. The SMILES string of the molecule is c1ncc(CN2CCNCC2C2CCCCC2)s1. The molecule has 0 aromatic carbocycles. The van der Waals surface area contributed by atoms with Gasteiger partial charge in [0, 0.05) is 43.3 Å². The molecule has 0 amide bonds. The Kier molecular flexibility index (Phi) is 4.28. The summed E-state index contributed by atoms with van der Waals surface area (Å²) in [4.78, 5) is 8.31. The summed E-state index contributed by atoms with van der Waals surface area (Å²) in [6.45, 7) is 4.62. The number of thiazole rings is 1. The predicted octanol–water partition coefficient (Wildman–Crippen LogP) is 2.50. The van der Waals surface area contributed by atoms with Gasteiger partial charge in [0.2, 0.25) is 0 Å². The standard InChI is InChI=1S/C14H23N3S/c1-2-4-12(5-3-1)14-9-15-6-7-17(14)10-13-8-16-11-18-13/h8,11-12,14-15H,1-7,9-10H2. The molecule has 1 aromatic heterocycles. The lowest BCUT2D eigenvalue weighted by Gasteiger charge is -2.42. The minimum Gasteiger partial charge on any atom is -0.314 e. The van der Waals surface area contributed by atoms with Gasteiger partial charge in [-0.05, 0) is 18.8 Å².